The van der Waals surface area contributed by atoms with E-state index in [4.69, 9.17) is 9.84 Å². The Balaban J connectivity index is 2.68. The summed E-state index contributed by atoms with van der Waals surface area (Å²) in [6.07, 6.45) is 0.370. The third-order valence-electron chi connectivity index (χ3n) is 1.96. The quantitative estimate of drug-likeness (QED) is 0.774. The van der Waals surface area contributed by atoms with Gasteiger partial charge in [-0.15, -0.1) is 0 Å². The van der Waals surface area contributed by atoms with E-state index in [-0.39, 0.29) is 11.8 Å². The number of hydrogen-bond acceptors (Lipinski definition) is 4. The predicted octanol–water partition coefficient (Wildman–Crippen LogP) is 0.928. The zero-order valence-electron chi connectivity index (χ0n) is 8.54. The summed E-state index contributed by atoms with van der Waals surface area (Å²) < 4.78 is 5.31. The minimum Gasteiger partial charge on any atom is -0.486 e. The molecule has 0 radical (unpaired) electrons. The first kappa shape index (κ1) is 11.5. The molecule has 2 N–H and O–H groups in total. The molecule has 0 spiro atoms. The molecule has 2 unspecified atom stereocenters. The second kappa shape index (κ2) is 4.75. The summed E-state index contributed by atoms with van der Waals surface area (Å²) in [5.74, 6) is -0.640. The molecule has 0 aliphatic carbocycles. The number of rotatable bonds is 4. The van der Waals surface area contributed by atoms with E-state index in [1.54, 1.807) is 13.8 Å². The van der Waals surface area contributed by atoms with Crippen molar-refractivity contribution in [1.29, 1.82) is 0 Å². The van der Waals surface area contributed by atoms with E-state index in [1.165, 1.54) is 18.3 Å². The first-order valence-electron chi connectivity index (χ1n) is 4.54. The number of carboxylic acid groups (broad SMARTS) is 1. The second-order valence-corrected chi connectivity index (χ2v) is 3.25. The number of aromatic nitrogens is 1. The van der Waals surface area contributed by atoms with Gasteiger partial charge in [0.05, 0.1) is 12.3 Å². The average molecular weight is 211 g/mol. The van der Waals surface area contributed by atoms with Gasteiger partial charge in [0.15, 0.2) is 0 Å². The molecular formula is C10H13NO4. The van der Waals surface area contributed by atoms with Gasteiger partial charge in [0.2, 0.25) is 0 Å². The lowest BCUT2D eigenvalue weighted by atomic mass is 10.2. The van der Waals surface area contributed by atoms with Gasteiger partial charge in [-0.25, -0.2) is 9.78 Å². The summed E-state index contributed by atoms with van der Waals surface area (Å²) in [4.78, 5) is 14.2. The molecule has 0 aromatic carbocycles. The van der Waals surface area contributed by atoms with Crippen LogP contribution in [-0.2, 0) is 0 Å². The highest BCUT2D eigenvalue weighted by Crippen LogP contribution is 2.12. The van der Waals surface area contributed by atoms with Crippen LogP contribution in [0, 0.1) is 0 Å². The van der Waals surface area contributed by atoms with Gasteiger partial charge in [-0.3, -0.25) is 0 Å². The van der Waals surface area contributed by atoms with Gasteiger partial charge in [0, 0.05) is 0 Å². The number of pyridine rings is 1. The summed E-state index contributed by atoms with van der Waals surface area (Å²) >= 11 is 0. The van der Waals surface area contributed by atoms with Crippen LogP contribution in [0.2, 0.25) is 0 Å². The maximum absolute atomic E-state index is 10.5. The van der Waals surface area contributed by atoms with Gasteiger partial charge in [-0.2, -0.15) is 0 Å². The van der Waals surface area contributed by atoms with Crippen LogP contribution in [0.1, 0.15) is 24.3 Å². The number of aliphatic hydroxyl groups excluding tert-OH is 1. The Morgan fingerprint density at radius 1 is 1.47 bits per heavy atom. The maximum Gasteiger partial charge on any atom is 0.354 e. The molecule has 1 aromatic rings. The van der Waals surface area contributed by atoms with Crippen molar-refractivity contribution >= 4 is 5.97 Å². The smallest absolute Gasteiger partial charge is 0.354 e. The number of hydrogen-bond donors (Lipinski definition) is 2. The second-order valence-electron chi connectivity index (χ2n) is 3.25. The molecule has 0 bridgehead atoms. The summed E-state index contributed by atoms with van der Waals surface area (Å²) in [5.41, 5.74) is -0.0351. The minimum absolute atomic E-state index is 0.0351. The number of aliphatic hydroxyl groups is 1. The van der Waals surface area contributed by atoms with Gasteiger partial charge < -0.3 is 14.9 Å². The van der Waals surface area contributed by atoms with Gasteiger partial charge in [-0.05, 0) is 26.0 Å². The minimum atomic E-state index is -1.08. The van der Waals surface area contributed by atoms with E-state index >= 15 is 0 Å². The average Bonchev–Trinajstić information content (AvgIpc) is 2.18. The van der Waals surface area contributed by atoms with Crippen molar-refractivity contribution < 1.29 is 19.7 Å². The molecule has 1 rings (SSSR count). The fourth-order valence-corrected chi connectivity index (χ4v) is 0.890. The van der Waals surface area contributed by atoms with Gasteiger partial charge >= 0.3 is 5.97 Å². The van der Waals surface area contributed by atoms with Crippen molar-refractivity contribution in [2.75, 3.05) is 0 Å². The van der Waals surface area contributed by atoms with Crippen LogP contribution in [-0.4, -0.2) is 33.4 Å². The Morgan fingerprint density at radius 3 is 2.53 bits per heavy atom. The SMILES string of the molecule is CC(O)C(C)Oc1ccc(C(=O)O)nc1. The van der Waals surface area contributed by atoms with Crippen LogP contribution >= 0.6 is 0 Å². The molecule has 1 aromatic heterocycles. The largest absolute Gasteiger partial charge is 0.486 e. The first-order chi connectivity index (χ1) is 7.00. The molecule has 0 fully saturated rings. The highest BCUT2D eigenvalue weighted by molar-refractivity contribution is 5.85. The van der Waals surface area contributed by atoms with E-state index in [9.17, 15) is 9.90 Å². The third-order valence-corrected chi connectivity index (χ3v) is 1.96. The van der Waals surface area contributed by atoms with E-state index in [0.29, 0.717) is 5.75 Å². The summed E-state index contributed by atoms with van der Waals surface area (Å²) in [6.45, 7) is 3.33. The normalized spacial score (nSPS) is 14.3. The van der Waals surface area contributed by atoms with Crippen molar-refractivity contribution in [3.63, 3.8) is 0 Å². The van der Waals surface area contributed by atoms with Crippen molar-refractivity contribution in [1.82, 2.24) is 4.98 Å². The van der Waals surface area contributed by atoms with Crippen LogP contribution in [0.4, 0.5) is 0 Å². The van der Waals surface area contributed by atoms with E-state index in [0.717, 1.165) is 0 Å². The molecule has 5 heteroatoms. The standard InChI is InChI=1S/C10H13NO4/c1-6(12)7(2)15-8-3-4-9(10(13)14)11-5-8/h3-7,12H,1-2H3,(H,13,14). The molecule has 0 aliphatic heterocycles. The van der Waals surface area contributed by atoms with Crippen molar-refractivity contribution in [3.8, 4) is 5.75 Å². The van der Waals surface area contributed by atoms with E-state index in [2.05, 4.69) is 4.98 Å². The fourth-order valence-electron chi connectivity index (χ4n) is 0.890. The van der Waals surface area contributed by atoms with Gasteiger partial charge in [0.1, 0.15) is 17.5 Å². The number of nitrogens with zero attached hydrogens (tertiary/aromatic N) is 1. The molecule has 82 valence electrons. The van der Waals surface area contributed by atoms with E-state index in [1.807, 2.05) is 0 Å². The van der Waals surface area contributed by atoms with Crippen molar-refractivity contribution in [2.24, 2.45) is 0 Å². The molecule has 0 amide bonds. The molecule has 2 atom stereocenters. The Morgan fingerprint density at radius 2 is 2.13 bits per heavy atom. The number of ether oxygens (including phenoxy) is 1. The van der Waals surface area contributed by atoms with E-state index < -0.39 is 12.1 Å². The number of carboxylic acids is 1. The summed E-state index contributed by atoms with van der Waals surface area (Å²) in [5, 5.41) is 17.8. The van der Waals surface area contributed by atoms with Crippen LogP contribution in [0.3, 0.4) is 0 Å². The molecular weight excluding hydrogens is 198 g/mol. The maximum atomic E-state index is 10.5. The Labute approximate surface area is 87.3 Å². The zero-order chi connectivity index (χ0) is 11.4. The van der Waals surface area contributed by atoms with Crippen LogP contribution in [0.25, 0.3) is 0 Å². The van der Waals surface area contributed by atoms with Crippen LogP contribution < -0.4 is 4.74 Å². The molecule has 0 aliphatic rings. The molecule has 15 heavy (non-hydrogen) atoms. The third kappa shape index (κ3) is 3.21. The predicted molar refractivity (Wildman–Crippen MR) is 53.0 cm³/mol. The van der Waals surface area contributed by atoms with Gasteiger partial charge in [-0.1, -0.05) is 0 Å². The molecule has 1 heterocycles. The topological polar surface area (TPSA) is 79.7 Å². The Hall–Kier alpha value is -1.62. The molecule has 5 nitrogen and oxygen atoms in total. The first-order valence-corrected chi connectivity index (χ1v) is 4.54. The van der Waals surface area contributed by atoms with Crippen molar-refractivity contribution in [2.45, 2.75) is 26.1 Å². The highest BCUT2D eigenvalue weighted by atomic mass is 16.5. The van der Waals surface area contributed by atoms with Gasteiger partial charge in [0.25, 0.3) is 0 Å². The lowest BCUT2D eigenvalue weighted by Gasteiger charge is -2.16. The molecule has 0 saturated heterocycles. The number of aromatic carboxylic acids is 1. The monoisotopic (exact) mass is 211 g/mol. The Kier molecular flexibility index (Phi) is 3.62. The molecule has 0 saturated carbocycles. The number of carbonyl (C=O) groups is 1. The highest BCUT2D eigenvalue weighted by Gasteiger charge is 2.11. The summed E-state index contributed by atoms with van der Waals surface area (Å²) in [7, 11) is 0. The zero-order valence-corrected chi connectivity index (χ0v) is 8.54. The lowest BCUT2D eigenvalue weighted by Crippen LogP contribution is -2.25. The fraction of sp³-hybridized carbons (Fsp3) is 0.400. The van der Waals surface area contributed by atoms with Crippen LogP contribution in [0.5, 0.6) is 5.75 Å². The Bertz CT molecular complexity index is 334. The van der Waals surface area contributed by atoms with Crippen LogP contribution in [0.15, 0.2) is 18.3 Å². The lowest BCUT2D eigenvalue weighted by molar-refractivity contribution is 0.0599. The van der Waals surface area contributed by atoms with Crippen molar-refractivity contribution in [3.05, 3.63) is 24.0 Å². The summed E-state index contributed by atoms with van der Waals surface area (Å²) in [6, 6.07) is 2.86.